The number of aliphatic imine (C=N–C) groups is 1. The Hall–Kier alpha value is -1.84. The number of ether oxygens (including phenoxy) is 2. The van der Waals surface area contributed by atoms with Gasteiger partial charge in [0.25, 0.3) is 0 Å². The van der Waals surface area contributed by atoms with Crippen LogP contribution in [0.5, 0.6) is 0 Å². The molecule has 9 heteroatoms. The van der Waals surface area contributed by atoms with Crippen LogP contribution in [0.15, 0.2) is 29.3 Å². The number of hydrogen-bond donors (Lipinski definition) is 2. The summed E-state index contributed by atoms with van der Waals surface area (Å²) < 4.78 is 46.0. The highest BCUT2D eigenvalue weighted by molar-refractivity contribution is 5.79. The van der Waals surface area contributed by atoms with E-state index in [-0.39, 0.29) is 6.61 Å². The fourth-order valence-corrected chi connectivity index (χ4v) is 2.26. The molecule has 0 bridgehead atoms. The molecule has 0 unspecified atom stereocenters. The molecule has 0 aromatic heterocycles. The number of rotatable bonds is 12. The van der Waals surface area contributed by atoms with E-state index in [2.05, 4.69) is 25.3 Å². The first-order valence-electron chi connectivity index (χ1n) is 9.26. The van der Waals surface area contributed by atoms with Crippen LogP contribution in [0.2, 0.25) is 0 Å². The predicted octanol–water partition coefficient (Wildman–Crippen LogP) is 2.40. The van der Waals surface area contributed by atoms with E-state index in [1.807, 2.05) is 26.1 Å². The molecule has 0 fully saturated rings. The normalized spacial score (nSPS) is 12.5. The molecule has 0 aliphatic heterocycles. The van der Waals surface area contributed by atoms with E-state index in [1.165, 1.54) is 0 Å². The van der Waals surface area contributed by atoms with Crippen molar-refractivity contribution in [3.05, 3.63) is 35.4 Å². The van der Waals surface area contributed by atoms with Crippen molar-refractivity contribution in [2.24, 2.45) is 4.99 Å². The quantitative estimate of drug-likeness (QED) is 0.414. The van der Waals surface area contributed by atoms with Crippen molar-refractivity contribution in [1.29, 1.82) is 0 Å². The van der Waals surface area contributed by atoms with Crippen LogP contribution in [0.1, 0.15) is 18.1 Å². The van der Waals surface area contributed by atoms with Crippen LogP contribution in [0, 0.1) is 0 Å². The number of nitrogens with zero attached hydrogens (tertiary/aromatic N) is 2. The molecule has 2 N–H and O–H groups in total. The molecule has 160 valence electrons. The summed E-state index contributed by atoms with van der Waals surface area (Å²) in [5.74, 6) is 0.722. The first kappa shape index (κ1) is 24.2. The number of alkyl halides is 3. The molecule has 0 heterocycles. The number of halogens is 3. The first-order valence-corrected chi connectivity index (χ1v) is 9.26. The smallest absolute Gasteiger partial charge is 0.383 e. The lowest BCUT2D eigenvalue weighted by Crippen LogP contribution is -2.41. The number of methoxy groups -OCH3 is 1. The number of guanidine groups is 1. The van der Waals surface area contributed by atoms with E-state index in [1.54, 1.807) is 19.2 Å². The van der Waals surface area contributed by atoms with Crippen molar-refractivity contribution in [1.82, 2.24) is 15.5 Å². The minimum absolute atomic E-state index is 0.0656. The molecule has 0 saturated heterocycles. The Morgan fingerprint density at radius 1 is 1.11 bits per heavy atom. The molecule has 28 heavy (non-hydrogen) atoms. The highest BCUT2D eigenvalue weighted by Crippen LogP contribution is 2.16. The second-order valence-corrected chi connectivity index (χ2v) is 6.34. The standard InChI is InChI=1S/C19H31F3N4O2/c1-4-23-18(24-9-10-26(2)11-12-27-3)25-13-16-5-7-17(8-6-16)14-28-15-19(20,21)22/h5-8H,4,9-15H2,1-3H3,(H2,23,24,25). The van der Waals surface area contributed by atoms with Gasteiger partial charge in [0.05, 0.1) is 19.8 Å². The van der Waals surface area contributed by atoms with Gasteiger partial charge in [0.15, 0.2) is 5.96 Å². The van der Waals surface area contributed by atoms with Gasteiger partial charge in [-0.3, -0.25) is 0 Å². The summed E-state index contributed by atoms with van der Waals surface area (Å²) in [6.45, 7) is 5.09. The Kier molecular flexibility index (Phi) is 11.5. The summed E-state index contributed by atoms with van der Waals surface area (Å²) in [5, 5.41) is 6.47. The van der Waals surface area contributed by atoms with Crippen LogP contribution in [0.4, 0.5) is 13.2 Å². The van der Waals surface area contributed by atoms with Gasteiger partial charge in [0, 0.05) is 33.3 Å². The maximum absolute atomic E-state index is 12.1. The van der Waals surface area contributed by atoms with Crippen molar-refractivity contribution < 1.29 is 22.6 Å². The fourth-order valence-electron chi connectivity index (χ4n) is 2.26. The maximum atomic E-state index is 12.1. The topological polar surface area (TPSA) is 58.1 Å². The average Bonchev–Trinajstić information content (AvgIpc) is 2.64. The lowest BCUT2D eigenvalue weighted by Gasteiger charge is -2.17. The molecular weight excluding hydrogens is 373 g/mol. The summed E-state index contributed by atoms with van der Waals surface area (Å²) >= 11 is 0. The summed E-state index contributed by atoms with van der Waals surface area (Å²) in [6, 6.07) is 7.20. The number of hydrogen-bond acceptors (Lipinski definition) is 4. The molecule has 1 rings (SSSR count). The third-order valence-corrected chi connectivity index (χ3v) is 3.78. The van der Waals surface area contributed by atoms with Crippen LogP contribution in [0.25, 0.3) is 0 Å². The van der Waals surface area contributed by atoms with Crippen LogP contribution in [-0.2, 0) is 22.6 Å². The van der Waals surface area contributed by atoms with Gasteiger partial charge in [0.1, 0.15) is 6.61 Å². The molecule has 0 atom stereocenters. The summed E-state index contributed by atoms with van der Waals surface area (Å²) in [4.78, 5) is 6.70. The van der Waals surface area contributed by atoms with Crippen LogP contribution in [-0.4, -0.2) is 70.6 Å². The third kappa shape index (κ3) is 11.8. The zero-order valence-corrected chi connectivity index (χ0v) is 16.8. The van der Waals surface area contributed by atoms with Gasteiger partial charge >= 0.3 is 6.18 Å². The second-order valence-electron chi connectivity index (χ2n) is 6.34. The monoisotopic (exact) mass is 404 g/mol. The van der Waals surface area contributed by atoms with E-state index in [4.69, 9.17) is 4.74 Å². The number of benzene rings is 1. The summed E-state index contributed by atoms with van der Waals surface area (Å²) in [7, 11) is 3.72. The zero-order chi connectivity index (χ0) is 20.8. The SMILES string of the molecule is CCNC(=NCc1ccc(COCC(F)(F)F)cc1)NCCN(C)CCOC. The van der Waals surface area contributed by atoms with Gasteiger partial charge in [-0.1, -0.05) is 24.3 Å². The summed E-state index contributed by atoms with van der Waals surface area (Å²) in [6.07, 6.45) is -4.30. The van der Waals surface area contributed by atoms with Crippen molar-refractivity contribution >= 4 is 5.96 Å². The molecule has 0 spiro atoms. The Bertz CT molecular complexity index is 565. The van der Waals surface area contributed by atoms with E-state index in [0.29, 0.717) is 18.7 Å². The van der Waals surface area contributed by atoms with E-state index in [9.17, 15) is 13.2 Å². The van der Waals surface area contributed by atoms with Gasteiger partial charge in [-0.2, -0.15) is 13.2 Å². The minimum Gasteiger partial charge on any atom is -0.383 e. The van der Waals surface area contributed by atoms with Crippen LogP contribution in [0.3, 0.4) is 0 Å². The fraction of sp³-hybridized carbons (Fsp3) is 0.632. The van der Waals surface area contributed by atoms with Crippen LogP contribution < -0.4 is 10.6 Å². The predicted molar refractivity (Wildman–Crippen MR) is 104 cm³/mol. The molecule has 1 aromatic rings. The lowest BCUT2D eigenvalue weighted by molar-refractivity contribution is -0.176. The molecule has 0 saturated carbocycles. The van der Waals surface area contributed by atoms with Gasteiger partial charge in [-0.05, 0) is 25.1 Å². The van der Waals surface area contributed by atoms with Gasteiger partial charge in [-0.25, -0.2) is 4.99 Å². The lowest BCUT2D eigenvalue weighted by atomic mass is 10.1. The van der Waals surface area contributed by atoms with E-state index >= 15 is 0 Å². The van der Waals surface area contributed by atoms with Crippen molar-refractivity contribution in [2.75, 3.05) is 53.6 Å². The Morgan fingerprint density at radius 2 is 1.79 bits per heavy atom. The first-order chi connectivity index (χ1) is 13.3. The zero-order valence-electron chi connectivity index (χ0n) is 16.8. The highest BCUT2D eigenvalue weighted by atomic mass is 19.4. The molecule has 6 nitrogen and oxygen atoms in total. The molecule has 0 amide bonds. The third-order valence-electron chi connectivity index (χ3n) is 3.78. The maximum Gasteiger partial charge on any atom is 0.411 e. The van der Waals surface area contributed by atoms with Crippen molar-refractivity contribution in [3.63, 3.8) is 0 Å². The van der Waals surface area contributed by atoms with Crippen molar-refractivity contribution in [3.8, 4) is 0 Å². The Balaban J connectivity index is 2.44. The van der Waals surface area contributed by atoms with Crippen molar-refractivity contribution in [2.45, 2.75) is 26.3 Å². The van der Waals surface area contributed by atoms with E-state index in [0.717, 1.165) is 37.7 Å². The molecule has 1 aromatic carbocycles. The Morgan fingerprint density at radius 3 is 2.39 bits per heavy atom. The highest BCUT2D eigenvalue weighted by Gasteiger charge is 2.27. The molecule has 0 radical (unpaired) electrons. The largest absolute Gasteiger partial charge is 0.411 e. The number of likely N-dealkylation sites (N-methyl/N-ethyl adjacent to an activating group) is 1. The van der Waals surface area contributed by atoms with Crippen LogP contribution >= 0.6 is 0 Å². The second kappa shape index (κ2) is 13.4. The van der Waals surface area contributed by atoms with Gasteiger partial charge < -0.3 is 25.0 Å². The number of nitrogens with one attached hydrogen (secondary N) is 2. The molecular formula is C19H31F3N4O2. The minimum atomic E-state index is -4.30. The summed E-state index contributed by atoms with van der Waals surface area (Å²) in [5.41, 5.74) is 1.66. The molecule has 0 aliphatic carbocycles. The van der Waals surface area contributed by atoms with Gasteiger partial charge in [-0.15, -0.1) is 0 Å². The Labute approximate surface area is 165 Å². The van der Waals surface area contributed by atoms with Gasteiger partial charge in [0.2, 0.25) is 0 Å². The average molecular weight is 404 g/mol. The van der Waals surface area contributed by atoms with E-state index < -0.39 is 12.8 Å². The molecule has 0 aliphatic rings.